The third-order valence-electron chi connectivity index (χ3n) is 1.54. The van der Waals surface area contributed by atoms with Crippen molar-refractivity contribution in [2.45, 2.75) is 46.0 Å². The van der Waals surface area contributed by atoms with Crippen molar-refractivity contribution in [3.05, 3.63) is 0 Å². The van der Waals surface area contributed by atoms with Gasteiger partial charge in [0.15, 0.2) is 0 Å². The van der Waals surface area contributed by atoms with Gasteiger partial charge in [0.05, 0.1) is 6.61 Å². The second-order valence-electron chi connectivity index (χ2n) is 2.62. The van der Waals surface area contributed by atoms with E-state index in [9.17, 15) is 4.79 Å². The predicted octanol–water partition coefficient (Wildman–Crippen LogP) is 2.13. The summed E-state index contributed by atoms with van der Waals surface area (Å²) in [5.41, 5.74) is 0. The lowest BCUT2D eigenvalue weighted by Gasteiger charge is -2.00. The van der Waals surface area contributed by atoms with Gasteiger partial charge in [-0.1, -0.05) is 26.2 Å². The predicted molar refractivity (Wildman–Crippen MR) is 53.5 cm³/mol. The molecule has 0 unspecified atom stereocenters. The first kappa shape index (κ1) is 14.9. The zero-order chi connectivity index (χ0) is 10.5. The third kappa shape index (κ3) is 14.3. The van der Waals surface area contributed by atoms with Crippen molar-refractivity contribution in [1.82, 2.24) is 0 Å². The number of rotatable bonds is 6. The molecule has 0 aromatic rings. The Morgan fingerprint density at radius 2 is 1.77 bits per heavy atom. The molecule has 0 aliphatic rings. The molecular weight excluding hydrogens is 168 g/mol. The monoisotopic (exact) mass is 190 g/mol. The minimum Gasteiger partial charge on any atom is -0.466 e. The van der Waals surface area contributed by atoms with Gasteiger partial charge in [-0.25, -0.2) is 0 Å². The van der Waals surface area contributed by atoms with E-state index in [4.69, 9.17) is 9.84 Å². The van der Waals surface area contributed by atoms with Crippen LogP contribution in [0.25, 0.3) is 0 Å². The minimum atomic E-state index is -0.0522. The summed E-state index contributed by atoms with van der Waals surface area (Å²) in [6.45, 7) is 4.50. The molecule has 0 atom stereocenters. The van der Waals surface area contributed by atoms with E-state index in [0.717, 1.165) is 20.0 Å². The van der Waals surface area contributed by atoms with Gasteiger partial charge in [-0.15, -0.1) is 0 Å². The highest BCUT2D eigenvalue weighted by atomic mass is 16.5. The lowest BCUT2D eigenvalue weighted by Crippen LogP contribution is -2.02. The maximum absolute atomic E-state index is 10.8. The summed E-state index contributed by atoms with van der Waals surface area (Å²) in [4.78, 5) is 10.8. The second kappa shape index (κ2) is 14.0. The number of carbonyl (C=O) groups excluding carboxylic acids is 1. The quantitative estimate of drug-likeness (QED) is 0.515. The van der Waals surface area contributed by atoms with Gasteiger partial charge in [0, 0.05) is 13.5 Å². The Balaban J connectivity index is 0. The van der Waals surface area contributed by atoms with Crippen LogP contribution >= 0.6 is 0 Å². The second-order valence-corrected chi connectivity index (χ2v) is 2.62. The zero-order valence-electron chi connectivity index (χ0n) is 9.01. The highest BCUT2D eigenvalue weighted by molar-refractivity contribution is 5.69. The van der Waals surface area contributed by atoms with Crippen LogP contribution < -0.4 is 0 Å². The van der Waals surface area contributed by atoms with E-state index in [2.05, 4.69) is 6.92 Å². The van der Waals surface area contributed by atoms with Gasteiger partial charge >= 0.3 is 5.97 Å². The molecule has 0 radical (unpaired) electrons. The van der Waals surface area contributed by atoms with Crippen LogP contribution in [0, 0.1) is 0 Å². The van der Waals surface area contributed by atoms with Crippen molar-refractivity contribution in [2.24, 2.45) is 0 Å². The smallest absolute Gasteiger partial charge is 0.305 e. The van der Waals surface area contributed by atoms with Crippen molar-refractivity contribution in [3.8, 4) is 0 Å². The lowest BCUT2D eigenvalue weighted by atomic mass is 10.2. The first-order valence-corrected chi connectivity index (χ1v) is 4.91. The van der Waals surface area contributed by atoms with Gasteiger partial charge < -0.3 is 9.84 Å². The molecule has 80 valence electrons. The van der Waals surface area contributed by atoms with Crippen molar-refractivity contribution in [2.75, 3.05) is 13.7 Å². The van der Waals surface area contributed by atoms with Crippen LogP contribution in [0.3, 0.4) is 0 Å². The maximum atomic E-state index is 10.8. The van der Waals surface area contributed by atoms with Crippen LogP contribution in [0.15, 0.2) is 0 Å². The van der Waals surface area contributed by atoms with Crippen molar-refractivity contribution >= 4 is 5.97 Å². The van der Waals surface area contributed by atoms with Crippen LogP contribution in [0.1, 0.15) is 46.0 Å². The van der Waals surface area contributed by atoms with Crippen LogP contribution in [0.2, 0.25) is 0 Å². The fourth-order valence-corrected chi connectivity index (χ4v) is 0.929. The summed E-state index contributed by atoms with van der Waals surface area (Å²) in [6.07, 6.45) is 5.15. The van der Waals surface area contributed by atoms with E-state index >= 15 is 0 Å². The number of carbonyl (C=O) groups is 1. The Labute approximate surface area is 81.1 Å². The summed E-state index contributed by atoms with van der Waals surface area (Å²) >= 11 is 0. The molecule has 0 rings (SSSR count). The Morgan fingerprint density at radius 3 is 2.23 bits per heavy atom. The molecule has 0 amide bonds. The van der Waals surface area contributed by atoms with Gasteiger partial charge in [0.1, 0.15) is 0 Å². The average molecular weight is 190 g/mol. The first-order valence-electron chi connectivity index (χ1n) is 4.91. The minimum absolute atomic E-state index is 0.0522. The number of esters is 1. The standard InChI is InChI=1S/C9H18O2.CH4O/c1-3-5-6-7-8-9(10)11-4-2;1-2/h3-8H2,1-2H3;2H,1H3. The number of ether oxygens (including phenoxy) is 1. The Morgan fingerprint density at radius 1 is 1.15 bits per heavy atom. The van der Waals surface area contributed by atoms with Crippen molar-refractivity contribution < 1.29 is 14.6 Å². The molecule has 0 aromatic heterocycles. The Bertz CT molecular complexity index is 102. The molecule has 0 spiro atoms. The van der Waals surface area contributed by atoms with Crippen LogP contribution in [-0.4, -0.2) is 24.8 Å². The molecule has 3 heteroatoms. The number of hydrogen-bond donors (Lipinski definition) is 1. The molecule has 0 bridgehead atoms. The number of aliphatic hydroxyl groups is 1. The molecular formula is C10H22O3. The summed E-state index contributed by atoms with van der Waals surface area (Å²) in [5, 5.41) is 7.00. The summed E-state index contributed by atoms with van der Waals surface area (Å²) in [6, 6.07) is 0. The maximum Gasteiger partial charge on any atom is 0.305 e. The molecule has 1 N–H and O–H groups in total. The van der Waals surface area contributed by atoms with Crippen LogP contribution in [0.4, 0.5) is 0 Å². The Hall–Kier alpha value is -0.570. The fourth-order valence-electron chi connectivity index (χ4n) is 0.929. The van der Waals surface area contributed by atoms with Gasteiger partial charge in [-0.05, 0) is 13.3 Å². The fraction of sp³-hybridized carbons (Fsp3) is 0.900. The summed E-state index contributed by atoms with van der Waals surface area (Å²) < 4.78 is 4.78. The third-order valence-corrected chi connectivity index (χ3v) is 1.54. The summed E-state index contributed by atoms with van der Waals surface area (Å²) in [5.74, 6) is -0.0522. The van der Waals surface area contributed by atoms with E-state index < -0.39 is 0 Å². The molecule has 3 nitrogen and oxygen atoms in total. The number of hydrogen-bond acceptors (Lipinski definition) is 3. The average Bonchev–Trinajstić information content (AvgIpc) is 2.16. The van der Waals surface area contributed by atoms with Crippen LogP contribution in [0.5, 0.6) is 0 Å². The van der Waals surface area contributed by atoms with E-state index in [1.165, 1.54) is 12.8 Å². The Kier molecular flexibility index (Phi) is 16.1. The topological polar surface area (TPSA) is 46.5 Å². The molecule has 0 heterocycles. The molecule has 0 aromatic carbocycles. The molecule has 0 fully saturated rings. The largest absolute Gasteiger partial charge is 0.466 e. The van der Waals surface area contributed by atoms with Gasteiger partial charge in [-0.3, -0.25) is 4.79 Å². The van der Waals surface area contributed by atoms with Crippen molar-refractivity contribution in [3.63, 3.8) is 0 Å². The normalized spacial score (nSPS) is 8.62. The van der Waals surface area contributed by atoms with E-state index in [1.54, 1.807) is 0 Å². The molecule has 0 aliphatic heterocycles. The highest BCUT2D eigenvalue weighted by Gasteiger charge is 1.99. The number of unbranched alkanes of at least 4 members (excludes halogenated alkanes) is 3. The summed E-state index contributed by atoms with van der Waals surface area (Å²) in [7, 11) is 1.00. The first-order chi connectivity index (χ1) is 6.31. The highest BCUT2D eigenvalue weighted by Crippen LogP contribution is 2.02. The SMILES string of the molecule is CCCCCCC(=O)OCC.CO. The van der Waals surface area contributed by atoms with Crippen molar-refractivity contribution in [1.29, 1.82) is 0 Å². The van der Waals surface area contributed by atoms with Gasteiger partial charge in [0.2, 0.25) is 0 Å². The molecule has 0 saturated heterocycles. The number of aliphatic hydroxyl groups excluding tert-OH is 1. The van der Waals surface area contributed by atoms with Gasteiger partial charge in [0.25, 0.3) is 0 Å². The van der Waals surface area contributed by atoms with Gasteiger partial charge in [-0.2, -0.15) is 0 Å². The van der Waals surface area contributed by atoms with E-state index in [1.807, 2.05) is 6.92 Å². The van der Waals surface area contributed by atoms with Crippen LogP contribution in [-0.2, 0) is 9.53 Å². The van der Waals surface area contributed by atoms with E-state index in [-0.39, 0.29) is 5.97 Å². The molecule has 0 aliphatic carbocycles. The van der Waals surface area contributed by atoms with E-state index in [0.29, 0.717) is 13.0 Å². The zero-order valence-corrected chi connectivity index (χ0v) is 9.01. The molecule has 0 saturated carbocycles. The lowest BCUT2D eigenvalue weighted by molar-refractivity contribution is -0.143. The molecule has 13 heavy (non-hydrogen) atoms.